The Morgan fingerprint density at radius 3 is 2.54 bits per heavy atom. The molecule has 3 rings (SSSR count). The molecule has 150 valence electrons. The van der Waals surface area contributed by atoms with Gasteiger partial charge in [0.25, 0.3) is 0 Å². The van der Waals surface area contributed by atoms with E-state index in [4.69, 9.17) is 4.74 Å². The van der Waals surface area contributed by atoms with Crippen molar-refractivity contribution in [2.45, 2.75) is 44.6 Å². The molecule has 7 heteroatoms. The maximum atomic E-state index is 12.7. The summed E-state index contributed by atoms with van der Waals surface area (Å²) in [6.07, 6.45) is 0.763. The number of sulfonamides is 1. The fourth-order valence-corrected chi connectivity index (χ4v) is 5.20. The van der Waals surface area contributed by atoms with Crippen LogP contribution < -0.4 is 14.8 Å². The van der Waals surface area contributed by atoms with Crippen molar-refractivity contribution in [2.75, 3.05) is 13.2 Å². The second-order valence-electron chi connectivity index (χ2n) is 7.17. The first-order valence-corrected chi connectivity index (χ1v) is 10.8. The van der Waals surface area contributed by atoms with Crippen LogP contribution >= 0.6 is 0 Å². The van der Waals surface area contributed by atoms with Crippen LogP contribution in [0.3, 0.4) is 0 Å². The van der Waals surface area contributed by atoms with Crippen LogP contribution in [0.1, 0.15) is 41.1 Å². The Morgan fingerprint density at radius 2 is 1.82 bits per heavy atom. The lowest BCUT2D eigenvalue weighted by atomic mass is 10.0. The van der Waals surface area contributed by atoms with E-state index in [1.807, 2.05) is 43.3 Å². The van der Waals surface area contributed by atoms with Crippen molar-refractivity contribution in [3.8, 4) is 5.75 Å². The Morgan fingerprint density at radius 1 is 1.14 bits per heavy atom. The lowest BCUT2D eigenvalue weighted by Gasteiger charge is -2.26. The zero-order valence-electron chi connectivity index (χ0n) is 16.4. The molecule has 6 nitrogen and oxygen atoms in total. The van der Waals surface area contributed by atoms with Gasteiger partial charge in [0, 0.05) is 24.9 Å². The highest BCUT2D eigenvalue weighted by molar-refractivity contribution is 7.89. The molecule has 0 saturated carbocycles. The lowest BCUT2D eigenvalue weighted by Crippen LogP contribution is -2.35. The van der Waals surface area contributed by atoms with E-state index in [9.17, 15) is 13.2 Å². The molecule has 0 fully saturated rings. The van der Waals surface area contributed by atoms with Gasteiger partial charge in [-0.3, -0.25) is 4.79 Å². The average molecular weight is 403 g/mol. The van der Waals surface area contributed by atoms with Crippen molar-refractivity contribution in [3.05, 3.63) is 58.7 Å². The van der Waals surface area contributed by atoms with Crippen LogP contribution in [-0.2, 0) is 14.8 Å². The van der Waals surface area contributed by atoms with E-state index in [0.717, 1.165) is 16.9 Å². The number of fused-ring (bicyclic) bond motifs is 1. The molecule has 1 aliphatic rings. The van der Waals surface area contributed by atoms with E-state index in [-0.39, 0.29) is 29.8 Å². The molecular formula is C21H26N2O4S. The highest BCUT2D eigenvalue weighted by Crippen LogP contribution is 2.31. The van der Waals surface area contributed by atoms with Gasteiger partial charge in [0.05, 0.1) is 17.5 Å². The first-order valence-electron chi connectivity index (χ1n) is 9.36. The average Bonchev–Trinajstić information content (AvgIpc) is 2.60. The molecule has 1 atom stereocenters. The number of benzene rings is 2. The fourth-order valence-electron chi connectivity index (χ4n) is 3.72. The number of nitrogens with one attached hydrogen (secondary N) is 2. The summed E-state index contributed by atoms with van der Waals surface area (Å²) >= 11 is 0. The molecule has 0 bridgehead atoms. The lowest BCUT2D eigenvalue weighted by molar-refractivity contribution is -0.121. The normalized spacial score (nSPS) is 16.2. The van der Waals surface area contributed by atoms with Gasteiger partial charge in [0.2, 0.25) is 15.9 Å². The van der Waals surface area contributed by atoms with Crippen LogP contribution in [0.5, 0.6) is 5.75 Å². The highest BCUT2D eigenvalue weighted by Gasteiger charge is 2.23. The number of para-hydroxylation sites is 1. The van der Waals surface area contributed by atoms with Crippen molar-refractivity contribution >= 4 is 15.9 Å². The highest BCUT2D eigenvalue weighted by atomic mass is 32.2. The van der Waals surface area contributed by atoms with E-state index in [1.165, 1.54) is 0 Å². The van der Waals surface area contributed by atoms with Crippen molar-refractivity contribution in [1.82, 2.24) is 10.0 Å². The molecule has 2 aromatic rings. The summed E-state index contributed by atoms with van der Waals surface area (Å²) in [5.74, 6) is 0.590. The van der Waals surface area contributed by atoms with Crippen LogP contribution in [0.4, 0.5) is 0 Å². The molecule has 1 amide bonds. The number of hydrogen-bond donors (Lipinski definition) is 2. The van der Waals surface area contributed by atoms with E-state index in [2.05, 4.69) is 10.0 Å². The minimum Gasteiger partial charge on any atom is -0.493 e. The fraction of sp³-hybridized carbons (Fsp3) is 0.381. The largest absolute Gasteiger partial charge is 0.493 e. The maximum Gasteiger partial charge on any atom is 0.241 e. The molecule has 2 aromatic carbocycles. The van der Waals surface area contributed by atoms with E-state index >= 15 is 0 Å². The number of aryl methyl sites for hydroxylation is 3. The quantitative estimate of drug-likeness (QED) is 0.778. The number of carbonyl (C=O) groups excluding carboxylic acids is 1. The minimum atomic E-state index is -3.67. The molecule has 0 aliphatic carbocycles. The Hall–Kier alpha value is -2.38. The van der Waals surface area contributed by atoms with Gasteiger partial charge in [-0.2, -0.15) is 0 Å². The van der Waals surface area contributed by atoms with Gasteiger partial charge >= 0.3 is 0 Å². The van der Waals surface area contributed by atoms with E-state index in [1.54, 1.807) is 13.8 Å². The number of amides is 1. The van der Waals surface area contributed by atoms with Gasteiger partial charge in [0.1, 0.15) is 5.75 Å². The topological polar surface area (TPSA) is 84.5 Å². The SMILES string of the molecule is Cc1cc(C)c(S(=O)(=O)NCCC(=O)NC2CCOc3ccccc32)c(C)c1. The van der Waals surface area contributed by atoms with Gasteiger partial charge in [-0.25, -0.2) is 13.1 Å². The molecule has 0 radical (unpaired) electrons. The smallest absolute Gasteiger partial charge is 0.241 e. The van der Waals surface area contributed by atoms with Crippen molar-refractivity contribution in [1.29, 1.82) is 0 Å². The maximum absolute atomic E-state index is 12.7. The summed E-state index contributed by atoms with van der Waals surface area (Å²) in [7, 11) is -3.67. The first kappa shape index (κ1) is 20.4. The molecule has 0 aromatic heterocycles. The molecule has 1 aliphatic heterocycles. The number of ether oxygens (including phenoxy) is 1. The van der Waals surface area contributed by atoms with E-state index in [0.29, 0.717) is 24.2 Å². The van der Waals surface area contributed by atoms with Gasteiger partial charge in [0.15, 0.2) is 0 Å². The van der Waals surface area contributed by atoms with Crippen LogP contribution in [0.25, 0.3) is 0 Å². The third kappa shape index (κ3) is 4.54. The minimum absolute atomic E-state index is 0.0474. The predicted molar refractivity (Wildman–Crippen MR) is 108 cm³/mol. The summed E-state index contributed by atoms with van der Waals surface area (Å²) < 4.78 is 33.5. The summed E-state index contributed by atoms with van der Waals surface area (Å²) in [6.45, 7) is 6.09. The number of hydrogen-bond acceptors (Lipinski definition) is 4. The van der Waals surface area contributed by atoms with Crippen molar-refractivity contribution < 1.29 is 17.9 Å². The summed E-state index contributed by atoms with van der Waals surface area (Å²) in [4.78, 5) is 12.6. The second kappa shape index (κ2) is 8.32. The van der Waals surface area contributed by atoms with Crippen LogP contribution in [0.15, 0.2) is 41.3 Å². The van der Waals surface area contributed by atoms with Crippen LogP contribution in [0, 0.1) is 20.8 Å². The van der Waals surface area contributed by atoms with E-state index < -0.39 is 10.0 Å². The number of rotatable bonds is 6. The Kier molecular flexibility index (Phi) is 6.05. The standard InChI is InChI=1S/C21H26N2O4S/c1-14-12-15(2)21(16(3)13-14)28(25,26)22-10-8-20(24)23-18-9-11-27-19-7-5-4-6-17(18)19/h4-7,12-13,18,22H,8-11H2,1-3H3,(H,23,24). The zero-order chi connectivity index (χ0) is 20.3. The summed E-state index contributed by atoms with van der Waals surface area (Å²) in [5, 5.41) is 2.98. The van der Waals surface area contributed by atoms with Crippen molar-refractivity contribution in [3.63, 3.8) is 0 Å². The van der Waals surface area contributed by atoms with Crippen molar-refractivity contribution in [2.24, 2.45) is 0 Å². The third-order valence-corrected chi connectivity index (χ3v) is 6.58. The van der Waals surface area contributed by atoms with Gasteiger partial charge < -0.3 is 10.1 Å². The molecule has 2 N–H and O–H groups in total. The Balaban J connectivity index is 1.59. The molecule has 1 heterocycles. The molecule has 28 heavy (non-hydrogen) atoms. The Bertz CT molecular complexity index is 963. The molecule has 0 spiro atoms. The summed E-state index contributed by atoms with van der Waals surface area (Å²) in [6, 6.07) is 11.2. The molecule has 0 saturated heterocycles. The van der Waals surface area contributed by atoms with Gasteiger partial charge in [-0.1, -0.05) is 35.9 Å². The van der Waals surface area contributed by atoms with Gasteiger partial charge in [-0.15, -0.1) is 0 Å². The third-order valence-electron chi connectivity index (χ3n) is 4.81. The first-order chi connectivity index (χ1) is 13.3. The predicted octanol–water partition coefficient (Wildman–Crippen LogP) is 2.92. The summed E-state index contributed by atoms with van der Waals surface area (Å²) in [5.41, 5.74) is 3.38. The van der Waals surface area contributed by atoms with Crippen LogP contribution in [-0.4, -0.2) is 27.5 Å². The zero-order valence-corrected chi connectivity index (χ0v) is 17.2. The molecular weight excluding hydrogens is 376 g/mol. The Labute approximate surface area is 166 Å². The second-order valence-corrected chi connectivity index (χ2v) is 8.87. The van der Waals surface area contributed by atoms with Crippen LogP contribution in [0.2, 0.25) is 0 Å². The van der Waals surface area contributed by atoms with Gasteiger partial charge in [-0.05, 0) is 38.0 Å². The molecule has 1 unspecified atom stereocenters. The number of carbonyl (C=O) groups is 1. The monoisotopic (exact) mass is 402 g/mol.